The molecule has 3 amide bonds. The van der Waals surface area contributed by atoms with Gasteiger partial charge >= 0.3 is 12.0 Å². The summed E-state index contributed by atoms with van der Waals surface area (Å²) >= 11 is 0. The zero-order chi connectivity index (χ0) is 15.6. The number of urea groups is 1. The van der Waals surface area contributed by atoms with E-state index < -0.39 is 23.3 Å². The Morgan fingerprint density at radius 1 is 1.29 bits per heavy atom. The maximum atomic E-state index is 12.1. The fourth-order valence-electron chi connectivity index (χ4n) is 2.26. The van der Waals surface area contributed by atoms with Crippen LogP contribution in [0.4, 0.5) is 10.5 Å². The number of hydrogen-bond donors (Lipinski definition) is 2. The van der Waals surface area contributed by atoms with E-state index in [9.17, 15) is 14.4 Å². The third-order valence-corrected chi connectivity index (χ3v) is 3.56. The zero-order valence-electron chi connectivity index (χ0n) is 12.0. The Hall–Kier alpha value is -2.37. The second-order valence-electron chi connectivity index (χ2n) is 5.75. The van der Waals surface area contributed by atoms with E-state index in [2.05, 4.69) is 5.32 Å². The fraction of sp³-hybridized carbons (Fsp3) is 0.400. The lowest BCUT2D eigenvalue weighted by molar-refractivity contribution is -0.149. The number of nitrogens with one attached hydrogen (secondary N) is 1. The van der Waals surface area contributed by atoms with Crippen molar-refractivity contribution in [3.8, 4) is 0 Å². The number of carboxylic acid groups (broad SMARTS) is 1. The van der Waals surface area contributed by atoms with E-state index in [0.717, 1.165) is 17.7 Å². The van der Waals surface area contributed by atoms with Crippen molar-refractivity contribution in [1.29, 1.82) is 0 Å². The minimum Gasteiger partial charge on any atom is -0.481 e. The van der Waals surface area contributed by atoms with E-state index in [1.54, 1.807) is 0 Å². The number of imide groups is 1. The predicted molar refractivity (Wildman–Crippen MR) is 77.1 cm³/mol. The average molecular weight is 290 g/mol. The summed E-state index contributed by atoms with van der Waals surface area (Å²) in [6.07, 6.45) is 0.502. The van der Waals surface area contributed by atoms with Gasteiger partial charge in [-0.1, -0.05) is 18.2 Å². The maximum Gasteiger partial charge on any atom is 0.328 e. The van der Waals surface area contributed by atoms with Crippen LogP contribution in [0.3, 0.4) is 0 Å². The van der Waals surface area contributed by atoms with Crippen molar-refractivity contribution in [1.82, 2.24) is 5.32 Å². The molecule has 0 fully saturated rings. The summed E-state index contributed by atoms with van der Waals surface area (Å²) in [5, 5.41) is 11.2. The van der Waals surface area contributed by atoms with Crippen molar-refractivity contribution >= 4 is 23.6 Å². The third kappa shape index (κ3) is 3.21. The van der Waals surface area contributed by atoms with Crippen LogP contribution in [0.2, 0.25) is 0 Å². The molecule has 6 nitrogen and oxygen atoms in total. The standard InChI is InChI=1S/C15H18N2O4/c1-15(2,13(19)20)9-12(18)16-14(21)17-8-7-10-5-3-4-6-11(10)17/h3-6H,7-9H2,1-2H3,(H,19,20)(H,16,18,21). The molecule has 0 saturated heterocycles. The van der Waals surface area contributed by atoms with E-state index in [1.165, 1.54) is 18.7 Å². The number of fused-ring (bicyclic) bond motifs is 1. The highest BCUT2D eigenvalue weighted by Crippen LogP contribution is 2.27. The number of anilines is 1. The normalized spacial score (nSPS) is 13.7. The summed E-state index contributed by atoms with van der Waals surface area (Å²) in [6, 6.07) is 7.00. The van der Waals surface area contributed by atoms with Gasteiger partial charge in [-0.15, -0.1) is 0 Å². The molecule has 1 aromatic carbocycles. The molecule has 1 aliphatic rings. The van der Waals surface area contributed by atoms with Crippen LogP contribution in [-0.4, -0.2) is 29.6 Å². The summed E-state index contributed by atoms with van der Waals surface area (Å²) < 4.78 is 0. The predicted octanol–water partition coefficient (Wildman–Crippen LogP) is 1.79. The van der Waals surface area contributed by atoms with Gasteiger partial charge < -0.3 is 5.11 Å². The molecule has 0 spiro atoms. The Balaban J connectivity index is 2.00. The van der Waals surface area contributed by atoms with Crippen LogP contribution in [-0.2, 0) is 16.0 Å². The van der Waals surface area contributed by atoms with Crippen molar-refractivity contribution in [2.45, 2.75) is 26.7 Å². The van der Waals surface area contributed by atoms with Gasteiger partial charge in [0, 0.05) is 18.7 Å². The zero-order valence-corrected chi connectivity index (χ0v) is 12.0. The number of rotatable bonds is 3. The van der Waals surface area contributed by atoms with Crippen LogP contribution in [0.5, 0.6) is 0 Å². The second-order valence-corrected chi connectivity index (χ2v) is 5.75. The maximum absolute atomic E-state index is 12.1. The minimum absolute atomic E-state index is 0.246. The highest BCUT2D eigenvalue weighted by molar-refractivity contribution is 6.04. The first-order chi connectivity index (χ1) is 9.81. The number of carbonyl (C=O) groups excluding carboxylic acids is 2. The number of carbonyl (C=O) groups is 3. The molecule has 2 rings (SSSR count). The van der Waals surface area contributed by atoms with Gasteiger partial charge in [-0.3, -0.25) is 19.8 Å². The quantitative estimate of drug-likeness (QED) is 0.888. The van der Waals surface area contributed by atoms with Crippen LogP contribution < -0.4 is 10.2 Å². The molecule has 1 aliphatic heterocycles. The molecule has 0 unspecified atom stereocenters. The molecule has 0 radical (unpaired) electrons. The molecule has 1 aromatic rings. The van der Waals surface area contributed by atoms with Crippen LogP contribution in [0, 0.1) is 5.41 Å². The van der Waals surface area contributed by atoms with Crippen molar-refractivity contribution < 1.29 is 19.5 Å². The van der Waals surface area contributed by atoms with E-state index in [-0.39, 0.29) is 6.42 Å². The molecule has 6 heteroatoms. The Morgan fingerprint density at radius 2 is 1.95 bits per heavy atom. The average Bonchev–Trinajstić information content (AvgIpc) is 2.81. The number of nitrogens with zero attached hydrogens (tertiary/aromatic N) is 1. The van der Waals surface area contributed by atoms with Gasteiger partial charge in [-0.2, -0.15) is 0 Å². The number of benzene rings is 1. The van der Waals surface area contributed by atoms with Crippen LogP contribution in [0.25, 0.3) is 0 Å². The molecule has 0 bridgehead atoms. The molecular weight excluding hydrogens is 272 g/mol. The fourth-order valence-corrected chi connectivity index (χ4v) is 2.26. The number of amides is 3. The lowest BCUT2D eigenvalue weighted by Crippen LogP contribution is -2.44. The topological polar surface area (TPSA) is 86.7 Å². The van der Waals surface area contributed by atoms with Gasteiger partial charge in [0.2, 0.25) is 5.91 Å². The van der Waals surface area contributed by atoms with Crippen LogP contribution >= 0.6 is 0 Å². The molecule has 2 N–H and O–H groups in total. The van der Waals surface area contributed by atoms with Crippen molar-refractivity contribution in [2.75, 3.05) is 11.4 Å². The van der Waals surface area contributed by atoms with Crippen LogP contribution in [0.15, 0.2) is 24.3 Å². The molecule has 1 heterocycles. The molecule has 0 atom stereocenters. The summed E-state index contributed by atoms with van der Waals surface area (Å²) in [7, 11) is 0. The van der Waals surface area contributed by atoms with E-state index >= 15 is 0 Å². The van der Waals surface area contributed by atoms with Gasteiger partial charge in [-0.25, -0.2) is 4.79 Å². The van der Waals surface area contributed by atoms with E-state index in [4.69, 9.17) is 5.11 Å². The van der Waals surface area contributed by atoms with Gasteiger partial charge in [0.1, 0.15) is 0 Å². The highest BCUT2D eigenvalue weighted by atomic mass is 16.4. The summed E-state index contributed by atoms with van der Waals surface area (Å²) in [4.78, 5) is 36.4. The van der Waals surface area contributed by atoms with Gasteiger partial charge in [0.25, 0.3) is 0 Å². The summed E-state index contributed by atoms with van der Waals surface area (Å²) in [5.74, 6) is -1.66. The first kappa shape index (κ1) is 15.0. The van der Waals surface area contributed by atoms with Crippen LogP contribution in [0.1, 0.15) is 25.8 Å². The molecular formula is C15H18N2O4. The van der Waals surface area contributed by atoms with Gasteiger partial charge in [0.15, 0.2) is 0 Å². The smallest absolute Gasteiger partial charge is 0.328 e. The van der Waals surface area contributed by atoms with Gasteiger partial charge in [0.05, 0.1) is 5.41 Å². The molecule has 21 heavy (non-hydrogen) atoms. The Morgan fingerprint density at radius 3 is 2.62 bits per heavy atom. The largest absolute Gasteiger partial charge is 0.481 e. The molecule has 0 aliphatic carbocycles. The Kier molecular flexibility index (Phi) is 3.97. The second kappa shape index (κ2) is 5.55. The van der Waals surface area contributed by atoms with E-state index in [0.29, 0.717) is 6.54 Å². The van der Waals surface area contributed by atoms with Gasteiger partial charge in [-0.05, 0) is 31.9 Å². The van der Waals surface area contributed by atoms with E-state index in [1.807, 2.05) is 24.3 Å². The molecule has 0 saturated carbocycles. The highest BCUT2D eigenvalue weighted by Gasteiger charge is 2.32. The molecule has 112 valence electrons. The minimum atomic E-state index is -1.20. The lowest BCUT2D eigenvalue weighted by Gasteiger charge is -2.20. The van der Waals surface area contributed by atoms with Crippen molar-refractivity contribution in [2.24, 2.45) is 5.41 Å². The Bertz CT molecular complexity index is 595. The first-order valence-corrected chi connectivity index (χ1v) is 6.74. The lowest BCUT2D eigenvalue weighted by atomic mass is 9.89. The third-order valence-electron chi connectivity index (χ3n) is 3.56. The molecule has 0 aromatic heterocycles. The summed E-state index contributed by atoms with van der Waals surface area (Å²) in [6.45, 7) is 3.41. The number of aliphatic carboxylic acids is 1. The first-order valence-electron chi connectivity index (χ1n) is 6.74. The monoisotopic (exact) mass is 290 g/mol. The number of para-hydroxylation sites is 1. The Labute approximate surface area is 122 Å². The number of carboxylic acids is 1. The van der Waals surface area contributed by atoms with Crippen molar-refractivity contribution in [3.63, 3.8) is 0 Å². The SMILES string of the molecule is CC(C)(CC(=O)NC(=O)N1CCc2ccccc21)C(=O)O. The summed E-state index contributed by atoms with van der Waals surface area (Å²) in [5.41, 5.74) is 0.652. The van der Waals surface area contributed by atoms with Crippen molar-refractivity contribution in [3.05, 3.63) is 29.8 Å². The number of hydrogen-bond acceptors (Lipinski definition) is 3.